The molecular weight excluding hydrogens is 301 g/mol. The average molecular weight is 316 g/mol. The fourth-order valence-electron chi connectivity index (χ4n) is 1.11. The second-order valence-electron chi connectivity index (χ2n) is 4.69. The van der Waals surface area contributed by atoms with Crippen molar-refractivity contribution < 1.29 is 31.2 Å². The molecule has 4 nitrogen and oxygen atoms in total. The molecular formula is C10H15F3O4SSi. The third kappa shape index (κ3) is 6.08. The van der Waals surface area contributed by atoms with E-state index in [1.54, 1.807) is 6.07 Å². The van der Waals surface area contributed by atoms with Crippen LogP contribution in [0.2, 0.25) is 19.6 Å². The molecule has 0 aliphatic rings. The molecule has 0 bridgehead atoms. The molecule has 1 aromatic carbocycles. The van der Waals surface area contributed by atoms with E-state index in [0.29, 0.717) is 5.75 Å². The number of rotatable bonds is 1. The first-order chi connectivity index (χ1) is 8.27. The molecule has 1 aromatic rings. The molecule has 9 heteroatoms. The van der Waals surface area contributed by atoms with Crippen molar-refractivity contribution in [1.82, 2.24) is 0 Å². The van der Waals surface area contributed by atoms with E-state index in [4.69, 9.17) is 13.0 Å². The smallest absolute Gasteiger partial charge is 0.508 e. The van der Waals surface area contributed by atoms with Crippen LogP contribution in [-0.2, 0) is 10.1 Å². The first-order valence-electron chi connectivity index (χ1n) is 5.09. The maximum absolute atomic E-state index is 10.7. The van der Waals surface area contributed by atoms with Crippen LogP contribution in [0.4, 0.5) is 13.2 Å². The van der Waals surface area contributed by atoms with Crippen molar-refractivity contribution in [1.29, 1.82) is 0 Å². The number of alkyl halides is 3. The zero-order chi connectivity index (χ0) is 15.5. The van der Waals surface area contributed by atoms with Gasteiger partial charge in [0.15, 0.2) is 0 Å². The summed E-state index contributed by atoms with van der Waals surface area (Å²) >= 11 is 0. The Hall–Kier alpha value is -1.06. The molecule has 0 saturated heterocycles. The van der Waals surface area contributed by atoms with Crippen molar-refractivity contribution in [2.24, 2.45) is 0 Å². The van der Waals surface area contributed by atoms with E-state index in [2.05, 4.69) is 19.6 Å². The fourth-order valence-corrected chi connectivity index (χ4v) is 2.56. The minimum absolute atomic E-state index is 0.451. The Morgan fingerprint density at radius 2 is 1.47 bits per heavy atom. The lowest BCUT2D eigenvalue weighted by molar-refractivity contribution is -0.0510. The molecule has 0 radical (unpaired) electrons. The molecule has 0 fully saturated rings. The Kier molecular flexibility index (Phi) is 5.60. The van der Waals surface area contributed by atoms with Crippen molar-refractivity contribution in [3.63, 3.8) is 0 Å². The number of halogens is 3. The van der Waals surface area contributed by atoms with Gasteiger partial charge in [-0.2, -0.15) is 21.6 Å². The number of phenols is 1. The summed E-state index contributed by atoms with van der Waals surface area (Å²) in [7, 11) is -7.17. The molecule has 0 spiro atoms. The number of benzene rings is 1. The second-order valence-corrected chi connectivity index (χ2v) is 11.1. The maximum atomic E-state index is 10.7. The maximum Gasteiger partial charge on any atom is 0.522 e. The summed E-state index contributed by atoms with van der Waals surface area (Å²) in [5.41, 5.74) is -5.53. The number of aromatic hydroxyl groups is 1. The quantitative estimate of drug-likeness (QED) is 0.474. The second kappa shape index (κ2) is 5.93. The number of para-hydroxylation sites is 1. The molecule has 0 saturated carbocycles. The Morgan fingerprint density at radius 1 is 1.11 bits per heavy atom. The number of hydrogen-bond donors (Lipinski definition) is 2. The number of phenolic OH excluding ortho intramolecular Hbond substituents is 1. The first kappa shape index (κ1) is 17.9. The molecule has 1 rings (SSSR count). The summed E-state index contributed by atoms with van der Waals surface area (Å²) in [4.78, 5) is 0. The zero-order valence-electron chi connectivity index (χ0n) is 10.6. The molecule has 0 aliphatic heterocycles. The Morgan fingerprint density at radius 3 is 1.68 bits per heavy atom. The lowest BCUT2D eigenvalue weighted by atomic mass is 10.3. The average Bonchev–Trinajstić information content (AvgIpc) is 2.14. The summed E-state index contributed by atoms with van der Waals surface area (Å²) < 4.78 is 57.5. The Labute approximate surface area is 110 Å². The highest BCUT2D eigenvalue weighted by molar-refractivity contribution is 7.86. The van der Waals surface area contributed by atoms with Gasteiger partial charge in [0.25, 0.3) is 0 Å². The van der Waals surface area contributed by atoms with Gasteiger partial charge in [0.2, 0.25) is 0 Å². The summed E-state index contributed by atoms with van der Waals surface area (Å²) in [6.45, 7) is 6.67. The lowest BCUT2D eigenvalue weighted by Crippen LogP contribution is -2.37. The van der Waals surface area contributed by atoms with Crippen molar-refractivity contribution in [2.75, 3.05) is 0 Å². The highest BCUT2D eigenvalue weighted by Crippen LogP contribution is 2.20. The van der Waals surface area contributed by atoms with Crippen molar-refractivity contribution >= 4 is 23.4 Å². The van der Waals surface area contributed by atoms with Gasteiger partial charge >= 0.3 is 15.6 Å². The van der Waals surface area contributed by atoms with Gasteiger partial charge in [0.1, 0.15) is 5.75 Å². The van der Waals surface area contributed by atoms with Crippen LogP contribution in [0.15, 0.2) is 24.3 Å². The van der Waals surface area contributed by atoms with Crippen LogP contribution in [0.3, 0.4) is 0 Å². The van der Waals surface area contributed by atoms with E-state index in [0.717, 1.165) is 5.19 Å². The van der Waals surface area contributed by atoms with Crippen LogP contribution in [0.1, 0.15) is 0 Å². The summed E-state index contributed by atoms with van der Waals surface area (Å²) in [6.07, 6.45) is 0. The fraction of sp³-hybridized carbons (Fsp3) is 0.400. The van der Waals surface area contributed by atoms with Gasteiger partial charge in [-0.05, 0) is 11.3 Å². The summed E-state index contributed by atoms with van der Waals surface area (Å²) in [5.74, 6) is 0.451. The van der Waals surface area contributed by atoms with Gasteiger partial charge in [-0.25, -0.2) is 0 Å². The van der Waals surface area contributed by atoms with Crippen LogP contribution < -0.4 is 5.19 Å². The van der Waals surface area contributed by atoms with Crippen LogP contribution in [-0.4, -0.2) is 31.7 Å². The Bertz CT molecular complexity index is 520. The van der Waals surface area contributed by atoms with E-state index in [1.165, 1.54) is 0 Å². The number of hydrogen-bond acceptors (Lipinski definition) is 3. The van der Waals surface area contributed by atoms with E-state index in [9.17, 15) is 18.3 Å². The standard InChI is InChI=1S/C9H14OSi.CHF3O3S/c1-11(2,3)9-7-5-4-6-8(9)10;2-1(3,4)8(5,6)7/h4-7,10H,1-3H3;(H,5,6,7). The highest BCUT2D eigenvalue weighted by atomic mass is 32.2. The molecule has 2 N–H and O–H groups in total. The van der Waals surface area contributed by atoms with E-state index in [-0.39, 0.29) is 0 Å². The topological polar surface area (TPSA) is 74.6 Å². The molecule has 110 valence electrons. The minimum Gasteiger partial charge on any atom is -0.508 e. The molecule has 0 heterocycles. The predicted octanol–water partition coefficient (Wildman–Crippen LogP) is 2.33. The van der Waals surface area contributed by atoms with Gasteiger partial charge in [0.05, 0.1) is 8.07 Å². The molecule has 0 unspecified atom stereocenters. The van der Waals surface area contributed by atoms with Crippen LogP contribution in [0.5, 0.6) is 5.75 Å². The van der Waals surface area contributed by atoms with Crippen LogP contribution in [0, 0.1) is 0 Å². The molecule has 0 aliphatic carbocycles. The largest absolute Gasteiger partial charge is 0.522 e. The van der Waals surface area contributed by atoms with Gasteiger partial charge in [0, 0.05) is 0 Å². The molecule has 19 heavy (non-hydrogen) atoms. The molecule has 0 atom stereocenters. The van der Waals surface area contributed by atoms with Gasteiger partial charge in [-0.3, -0.25) is 4.55 Å². The molecule has 0 aromatic heterocycles. The minimum atomic E-state index is -5.84. The lowest BCUT2D eigenvalue weighted by Gasteiger charge is -2.17. The van der Waals surface area contributed by atoms with Gasteiger partial charge < -0.3 is 5.11 Å². The summed E-state index contributed by atoms with van der Waals surface area (Å²) in [5, 5.41) is 10.6. The third-order valence-electron chi connectivity index (χ3n) is 2.00. The van der Waals surface area contributed by atoms with Gasteiger partial charge in [-0.1, -0.05) is 37.8 Å². The zero-order valence-corrected chi connectivity index (χ0v) is 12.4. The van der Waals surface area contributed by atoms with E-state index in [1.807, 2.05) is 18.2 Å². The first-order valence-corrected chi connectivity index (χ1v) is 10.0. The van der Waals surface area contributed by atoms with Crippen LogP contribution >= 0.6 is 0 Å². The SMILES string of the molecule is C[Si](C)(C)c1ccccc1O.O=S(=O)(O)C(F)(F)F. The monoisotopic (exact) mass is 316 g/mol. The summed E-state index contributed by atoms with van der Waals surface area (Å²) in [6, 6.07) is 7.61. The highest BCUT2D eigenvalue weighted by Gasteiger charge is 2.44. The van der Waals surface area contributed by atoms with Crippen molar-refractivity contribution in [3.8, 4) is 5.75 Å². The van der Waals surface area contributed by atoms with Crippen LogP contribution in [0.25, 0.3) is 0 Å². The van der Waals surface area contributed by atoms with Crippen molar-refractivity contribution in [2.45, 2.75) is 25.1 Å². The van der Waals surface area contributed by atoms with E-state index >= 15 is 0 Å². The van der Waals surface area contributed by atoms with Crippen molar-refractivity contribution in [3.05, 3.63) is 24.3 Å². The predicted molar refractivity (Wildman–Crippen MR) is 68.7 cm³/mol. The Balaban J connectivity index is 0.000000362. The normalized spacial score (nSPS) is 12.6. The van der Waals surface area contributed by atoms with Gasteiger partial charge in [-0.15, -0.1) is 0 Å². The van der Waals surface area contributed by atoms with E-state index < -0.39 is 23.7 Å². The molecule has 0 amide bonds. The third-order valence-corrected chi connectivity index (χ3v) is 4.63.